The van der Waals surface area contributed by atoms with Gasteiger partial charge in [0.25, 0.3) is 0 Å². The topological polar surface area (TPSA) is 127 Å². The molecule has 9 nitrogen and oxygen atoms in total. The van der Waals surface area contributed by atoms with Gasteiger partial charge in [0, 0.05) is 24.7 Å². The number of aromatic nitrogens is 1. The summed E-state index contributed by atoms with van der Waals surface area (Å²) < 4.78 is 39.3. The number of benzene rings is 2. The average Bonchev–Trinajstić information content (AvgIpc) is 2.84. The molecule has 1 amide bonds. The SMILES string of the molecule is COc1ccc(N)c(CCN(Cc2cc(F)ccc2Nc2cc(F)c(Cl)cc2C(=O)O)C(=O)OC(C)(C)C)n1. The lowest BCUT2D eigenvalue weighted by atomic mass is 10.1. The smallest absolute Gasteiger partial charge is 0.410 e. The lowest BCUT2D eigenvalue weighted by molar-refractivity contribution is 0.0235. The number of carbonyl (C=O) groups excluding carboxylic acids is 1. The molecule has 39 heavy (non-hydrogen) atoms. The van der Waals surface area contributed by atoms with E-state index in [2.05, 4.69) is 10.3 Å². The molecule has 1 aromatic heterocycles. The molecule has 12 heteroatoms. The highest BCUT2D eigenvalue weighted by Gasteiger charge is 2.24. The third-order valence-corrected chi connectivity index (χ3v) is 5.74. The van der Waals surface area contributed by atoms with Gasteiger partial charge in [-0.3, -0.25) is 0 Å². The van der Waals surface area contributed by atoms with Crippen molar-refractivity contribution in [2.45, 2.75) is 39.3 Å². The van der Waals surface area contributed by atoms with Crippen LogP contribution in [0.2, 0.25) is 5.02 Å². The molecule has 4 N–H and O–H groups in total. The fourth-order valence-electron chi connectivity index (χ4n) is 3.60. The normalized spacial score (nSPS) is 11.2. The van der Waals surface area contributed by atoms with Crippen LogP contribution in [0.4, 0.5) is 30.6 Å². The highest BCUT2D eigenvalue weighted by Crippen LogP contribution is 2.30. The Morgan fingerprint density at radius 1 is 1.13 bits per heavy atom. The van der Waals surface area contributed by atoms with E-state index < -0.39 is 29.3 Å². The Bertz CT molecular complexity index is 1380. The number of nitrogens with two attached hydrogens (primary N) is 1. The minimum absolute atomic E-state index is 0.0885. The number of nitrogen functional groups attached to an aromatic ring is 1. The number of rotatable bonds is 9. The standard InChI is InChI=1S/C27H29ClF2N4O5/c1-27(2,3)39-26(37)34(10-9-22-20(31)6-8-24(33-22)38-4)14-15-11-16(29)5-7-21(15)32-23-13-19(30)18(28)12-17(23)25(35)36/h5-8,11-13,32H,9-10,14,31H2,1-4H3,(H,35,36). The molecule has 0 unspecified atom stereocenters. The average molecular weight is 563 g/mol. The zero-order valence-corrected chi connectivity index (χ0v) is 22.6. The van der Waals surface area contributed by atoms with Crippen molar-refractivity contribution in [1.82, 2.24) is 9.88 Å². The number of amides is 1. The molecule has 0 saturated carbocycles. The van der Waals surface area contributed by atoms with Gasteiger partial charge in [0.15, 0.2) is 0 Å². The van der Waals surface area contributed by atoms with Gasteiger partial charge in [-0.2, -0.15) is 0 Å². The third-order valence-electron chi connectivity index (χ3n) is 5.45. The Labute approximate surface area is 229 Å². The number of carboxylic acids is 1. The minimum atomic E-state index is -1.35. The highest BCUT2D eigenvalue weighted by molar-refractivity contribution is 6.31. The summed E-state index contributed by atoms with van der Waals surface area (Å²) in [6.45, 7) is 5.08. The van der Waals surface area contributed by atoms with Gasteiger partial charge in [-0.25, -0.2) is 23.4 Å². The second-order valence-electron chi connectivity index (χ2n) is 9.58. The van der Waals surface area contributed by atoms with E-state index in [9.17, 15) is 23.5 Å². The van der Waals surface area contributed by atoms with Crippen LogP contribution in [-0.4, -0.2) is 46.3 Å². The summed E-state index contributed by atoms with van der Waals surface area (Å²) in [4.78, 5) is 30.5. The number of ether oxygens (including phenoxy) is 2. The summed E-state index contributed by atoms with van der Waals surface area (Å²) in [5.41, 5.74) is 6.25. The van der Waals surface area contributed by atoms with Gasteiger partial charge in [0.2, 0.25) is 5.88 Å². The predicted molar refractivity (Wildman–Crippen MR) is 144 cm³/mol. The van der Waals surface area contributed by atoms with Crippen molar-refractivity contribution >= 4 is 40.7 Å². The van der Waals surface area contributed by atoms with Crippen LogP contribution in [0.1, 0.15) is 42.4 Å². The summed E-state index contributed by atoms with van der Waals surface area (Å²) in [6.07, 6.45) is -0.450. The van der Waals surface area contributed by atoms with Crippen LogP contribution < -0.4 is 15.8 Å². The molecule has 0 aliphatic heterocycles. The van der Waals surface area contributed by atoms with Crippen LogP contribution in [-0.2, 0) is 17.7 Å². The number of anilines is 3. The molecule has 0 radical (unpaired) electrons. The molecule has 2 aromatic carbocycles. The summed E-state index contributed by atoms with van der Waals surface area (Å²) in [5.74, 6) is -2.43. The van der Waals surface area contributed by atoms with E-state index in [0.29, 0.717) is 17.3 Å². The fourth-order valence-corrected chi connectivity index (χ4v) is 3.76. The van der Waals surface area contributed by atoms with Crippen molar-refractivity contribution in [3.63, 3.8) is 0 Å². The number of nitrogens with one attached hydrogen (secondary N) is 1. The Hall–Kier alpha value is -4.12. The molecule has 0 bridgehead atoms. The van der Waals surface area contributed by atoms with E-state index in [1.807, 2.05) is 0 Å². The quantitative estimate of drug-likeness (QED) is 0.289. The Morgan fingerprint density at radius 2 is 1.85 bits per heavy atom. The Balaban J connectivity index is 1.96. The summed E-state index contributed by atoms with van der Waals surface area (Å²) in [7, 11) is 1.47. The molecule has 3 aromatic rings. The number of hydrogen-bond acceptors (Lipinski definition) is 7. The van der Waals surface area contributed by atoms with Crippen molar-refractivity contribution in [3.05, 3.63) is 75.9 Å². The zero-order valence-electron chi connectivity index (χ0n) is 21.8. The van der Waals surface area contributed by atoms with Crippen molar-refractivity contribution < 1.29 is 33.0 Å². The molecule has 3 rings (SSSR count). The third kappa shape index (κ3) is 7.93. The Kier molecular flexibility index (Phi) is 9.18. The van der Waals surface area contributed by atoms with Crippen molar-refractivity contribution in [3.8, 4) is 5.88 Å². The number of aromatic carboxylic acids is 1. The van der Waals surface area contributed by atoms with Crippen LogP contribution >= 0.6 is 11.6 Å². The number of methoxy groups -OCH3 is 1. The maximum atomic E-state index is 14.3. The lowest BCUT2D eigenvalue weighted by Crippen LogP contribution is -2.38. The first-order valence-electron chi connectivity index (χ1n) is 11.8. The molecule has 0 saturated heterocycles. The largest absolute Gasteiger partial charge is 0.481 e. The fraction of sp³-hybridized carbons (Fsp3) is 0.296. The van der Waals surface area contributed by atoms with Crippen molar-refractivity contribution in [1.29, 1.82) is 0 Å². The molecule has 208 valence electrons. The van der Waals surface area contributed by atoms with E-state index in [4.69, 9.17) is 26.8 Å². The number of hydrogen-bond donors (Lipinski definition) is 3. The van der Waals surface area contributed by atoms with Gasteiger partial charge in [-0.1, -0.05) is 11.6 Å². The maximum Gasteiger partial charge on any atom is 0.410 e. The van der Waals surface area contributed by atoms with Gasteiger partial charge in [0.05, 0.1) is 41.3 Å². The molecule has 0 fully saturated rings. The second-order valence-corrected chi connectivity index (χ2v) is 9.99. The van der Waals surface area contributed by atoms with Crippen LogP contribution in [0, 0.1) is 11.6 Å². The van der Waals surface area contributed by atoms with Gasteiger partial charge in [-0.15, -0.1) is 0 Å². The minimum Gasteiger partial charge on any atom is -0.481 e. The summed E-state index contributed by atoms with van der Waals surface area (Å²) in [5, 5.41) is 12.0. The number of carboxylic acid groups (broad SMARTS) is 1. The number of nitrogens with zero attached hydrogens (tertiary/aromatic N) is 2. The maximum absolute atomic E-state index is 14.3. The zero-order chi connectivity index (χ0) is 28.9. The van der Waals surface area contributed by atoms with Crippen molar-refractivity contribution in [2.24, 2.45) is 0 Å². The van der Waals surface area contributed by atoms with Crippen molar-refractivity contribution in [2.75, 3.05) is 24.7 Å². The summed E-state index contributed by atoms with van der Waals surface area (Å²) in [6, 6.07) is 8.85. The molecule has 0 aliphatic rings. The molecule has 0 aliphatic carbocycles. The molecule has 1 heterocycles. The highest BCUT2D eigenvalue weighted by atomic mass is 35.5. The lowest BCUT2D eigenvalue weighted by Gasteiger charge is -2.28. The van der Waals surface area contributed by atoms with Crippen LogP contribution in [0.25, 0.3) is 0 Å². The monoisotopic (exact) mass is 562 g/mol. The first-order chi connectivity index (χ1) is 18.3. The number of pyridine rings is 1. The van der Waals surface area contributed by atoms with Gasteiger partial charge in [-0.05, 0) is 62.7 Å². The van der Waals surface area contributed by atoms with Crippen LogP contribution in [0.15, 0.2) is 42.5 Å². The number of halogens is 3. The molecular formula is C27H29ClF2N4O5. The van der Waals surface area contributed by atoms with Gasteiger partial charge < -0.3 is 30.5 Å². The summed E-state index contributed by atoms with van der Waals surface area (Å²) >= 11 is 5.76. The van der Waals surface area contributed by atoms with Crippen LogP contribution in [0.5, 0.6) is 5.88 Å². The molecular weight excluding hydrogens is 534 g/mol. The number of carbonyl (C=O) groups is 2. The Morgan fingerprint density at radius 3 is 2.49 bits per heavy atom. The molecule has 0 spiro atoms. The van der Waals surface area contributed by atoms with Gasteiger partial charge >= 0.3 is 12.1 Å². The van der Waals surface area contributed by atoms with E-state index in [1.165, 1.54) is 24.1 Å². The van der Waals surface area contributed by atoms with E-state index in [0.717, 1.165) is 18.2 Å². The van der Waals surface area contributed by atoms with E-state index in [-0.39, 0.29) is 47.0 Å². The first-order valence-corrected chi connectivity index (χ1v) is 12.2. The first kappa shape index (κ1) is 29.4. The van der Waals surface area contributed by atoms with E-state index >= 15 is 0 Å². The van der Waals surface area contributed by atoms with Gasteiger partial charge in [0.1, 0.15) is 17.2 Å². The predicted octanol–water partition coefficient (Wildman–Crippen LogP) is 6.03. The van der Waals surface area contributed by atoms with E-state index in [1.54, 1.807) is 32.9 Å². The van der Waals surface area contributed by atoms with Crippen LogP contribution in [0.3, 0.4) is 0 Å². The second kappa shape index (κ2) is 12.2. The molecule has 0 atom stereocenters.